The van der Waals surface area contributed by atoms with Crippen LogP contribution in [0, 0.1) is 18.3 Å². The van der Waals surface area contributed by atoms with Gasteiger partial charge in [-0.25, -0.2) is 0 Å². The monoisotopic (exact) mass is 184 g/mol. The molecule has 0 radical (unpaired) electrons. The van der Waals surface area contributed by atoms with Gasteiger partial charge in [-0.05, 0) is 25.1 Å². The summed E-state index contributed by atoms with van der Waals surface area (Å²) in [5, 5.41) is 8.85. The normalized spacial score (nSPS) is 9.71. The molecule has 0 aromatic carbocycles. The maximum absolute atomic E-state index is 8.85. The standard InChI is InChI=1S/C11H8N2O/c1-8-2-3-11(14-8)10-4-5-13-7-9(10)6-12/h2-5,7H,1H3. The molecule has 0 aliphatic carbocycles. The molecule has 3 nitrogen and oxygen atoms in total. The summed E-state index contributed by atoms with van der Waals surface area (Å²) in [7, 11) is 0. The molecule has 3 heteroatoms. The largest absolute Gasteiger partial charge is 0.461 e. The second kappa shape index (κ2) is 3.35. The van der Waals surface area contributed by atoms with Crippen molar-refractivity contribution in [2.45, 2.75) is 6.92 Å². The minimum absolute atomic E-state index is 0.529. The first-order valence-corrected chi connectivity index (χ1v) is 4.22. The smallest absolute Gasteiger partial charge is 0.135 e. The molecule has 0 fully saturated rings. The lowest BCUT2D eigenvalue weighted by molar-refractivity contribution is 0.548. The Morgan fingerprint density at radius 3 is 2.86 bits per heavy atom. The molecule has 2 rings (SSSR count). The Morgan fingerprint density at radius 2 is 2.21 bits per heavy atom. The summed E-state index contributed by atoms with van der Waals surface area (Å²) in [5.74, 6) is 1.54. The molecule has 0 aliphatic rings. The van der Waals surface area contributed by atoms with E-state index in [-0.39, 0.29) is 0 Å². The van der Waals surface area contributed by atoms with Crippen LogP contribution in [0.5, 0.6) is 0 Å². The number of nitriles is 1. The van der Waals surface area contributed by atoms with Crippen LogP contribution in [0.25, 0.3) is 11.3 Å². The van der Waals surface area contributed by atoms with Crippen molar-refractivity contribution in [3.05, 3.63) is 41.9 Å². The summed E-state index contributed by atoms with van der Waals surface area (Å²) >= 11 is 0. The number of furan rings is 1. The van der Waals surface area contributed by atoms with Gasteiger partial charge in [-0.2, -0.15) is 5.26 Å². The quantitative estimate of drug-likeness (QED) is 0.684. The molecule has 0 aliphatic heterocycles. The second-order valence-corrected chi connectivity index (χ2v) is 2.94. The summed E-state index contributed by atoms with van der Waals surface area (Å²) in [6.07, 6.45) is 3.18. The van der Waals surface area contributed by atoms with E-state index < -0.39 is 0 Å². The number of nitrogens with zero attached hydrogens (tertiary/aromatic N) is 2. The fourth-order valence-electron chi connectivity index (χ4n) is 1.28. The van der Waals surface area contributed by atoms with Gasteiger partial charge in [0.05, 0.1) is 5.56 Å². The molecule has 0 atom stereocenters. The van der Waals surface area contributed by atoms with Gasteiger partial charge in [0.1, 0.15) is 17.6 Å². The predicted molar refractivity (Wildman–Crippen MR) is 51.4 cm³/mol. The fraction of sp³-hybridized carbons (Fsp3) is 0.0909. The molecule has 2 aromatic heterocycles. The minimum Gasteiger partial charge on any atom is -0.461 e. The van der Waals surface area contributed by atoms with Crippen LogP contribution >= 0.6 is 0 Å². The highest BCUT2D eigenvalue weighted by atomic mass is 16.3. The first kappa shape index (κ1) is 8.52. The summed E-state index contributed by atoms with van der Waals surface area (Å²) in [4.78, 5) is 3.88. The van der Waals surface area contributed by atoms with E-state index in [2.05, 4.69) is 11.1 Å². The molecule has 0 spiro atoms. The van der Waals surface area contributed by atoms with Gasteiger partial charge in [-0.3, -0.25) is 4.98 Å². The van der Waals surface area contributed by atoms with Crippen LogP contribution < -0.4 is 0 Å². The molecule has 0 N–H and O–H groups in total. The first-order valence-electron chi connectivity index (χ1n) is 4.22. The Labute approximate surface area is 81.6 Å². The highest BCUT2D eigenvalue weighted by Crippen LogP contribution is 2.24. The van der Waals surface area contributed by atoms with Gasteiger partial charge in [-0.15, -0.1) is 0 Å². The van der Waals surface area contributed by atoms with Gasteiger partial charge < -0.3 is 4.42 Å². The number of aromatic nitrogens is 1. The third-order valence-corrected chi connectivity index (χ3v) is 1.95. The van der Waals surface area contributed by atoms with Crippen LogP contribution in [0.2, 0.25) is 0 Å². The van der Waals surface area contributed by atoms with Crippen molar-refractivity contribution in [3.8, 4) is 17.4 Å². The van der Waals surface area contributed by atoms with E-state index in [1.807, 2.05) is 19.1 Å². The highest BCUT2D eigenvalue weighted by Gasteiger charge is 2.07. The van der Waals surface area contributed by atoms with Gasteiger partial charge >= 0.3 is 0 Å². The van der Waals surface area contributed by atoms with E-state index in [4.69, 9.17) is 9.68 Å². The van der Waals surface area contributed by atoms with E-state index in [1.165, 1.54) is 6.20 Å². The Hall–Kier alpha value is -2.08. The summed E-state index contributed by atoms with van der Waals surface area (Å²) in [5.41, 5.74) is 1.32. The third-order valence-electron chi connectivity index (χ3n) is 1.95. The maximum Gasteiger partial charge on any atom is 0.135 e. The van der Waals surface area contributed by atoms with Crippen molar-refractivity contribution in [2.75, 3.05) is 0 Å². The average molecular weight is 184 g/mol. The third kappa shape index (κ3) is 1.38. The van der Waals surface area contributed by atoms with Crippen molar-refractivity contribution in [2.24, 2.45) is 0 Å². The molecule has 0 saturated heterocycles. The topological polar surface area (TPSA) is 49.8 Å². The molecule has 68 valence electrons. The van der Waals surface area contributed by atoms with Gasteiger partial charge in [0.25, 0.3) is 0 Å². The number of pyridine rings is 1. The highest BCUT2D eigenvalue weighted by molar-refractivity contribution is 5.65. The Balaban J connectivity index is 2.57. The average Bonchev–Trinajstić information content (AvgIpc) is 2.65. The molecule has 14 heavy (non-hydrogen) atoms. The second-order valence-electron chi connectivity index (χ2n) is 2.94. The van der Waals surface area contributed by atoms with E-state index in [0.717, 1.165) is 11.3 Å². The Morgan fingerprint density at radius 1 is 1.36 bits per heavy atom. The van der Waals surface area contributed by atoms with E-state index in [0.29, 0.717) is 11.3 Å². The van der Waals surface area contributed by atoms with Crippen molar-refractivity contribution in [1.29, 1.82) is 5.26 Å². The molecular formula is C11H8N2O. The van der Waals surface area contributed by atoms with Crippen molar-refractivity contribution in [3.63, 3.8) is 0 Å². The molecule has 0 bridgehead atoms. The number of rotatable bonds is 1. The van der Waals surface area contributed by atoms with E-state index in [1.54, 1.807) is 12.3 Å². The molecule has 0 saturated carbocycles. The van der Waals surface area contributed by atoms with Gasteiger partial charge in [-0.1, -0.05) is 0 Å². The van der Waals surface area contributed by atoms with Gasteiger partial charge in [0, 0.05) is 18.0 Å². The van der Waals surface area contributed by atoms with Crippen molar-refractivity contribution in [1.82, 2.24) is 4.98 Å². The molecule has 0 amide bonds. The number of hydrogen-bond donors (Lipinski definition) is 0. The number of aryl methyl sites for hydroxylation is 1. The lowest BCUT2D eigenvalue weighted by atomic mass is 10.1. The lowest BCUT2D eigenvalue weighted by Gasteiger charge is -1.97. The molecule has 2 heterocycles. The predicted octanol–water partition coefficient (Wildman–Crippen LogP) is 2.52. The minimum atomic E-state index is 0.529. The van der Waals surface area contributed by atoms with Crippen LogP contribution in [0.1, 0.15) is 11.3 Å². The van der Waals surface area contributed by atoms with Crippen LogP contribution in [0.15, 0.2) is 35.0 Å². The van der Waals surface area contributed by atoms with Gasteiger partial charge in [0.2, 0.25) is 0 Å². The van der Waals surface area contributed by atoms with Gasteiger partial charge in [0.15, 0.2) is 0 Å². The summed E-state index contributed by atoms with van der Waals surface area (Å²) in [6, 6.07) is 7.58. The zero-order chi connectivity index (χ0) is 9.97. The van der Waals surface area contributed by atoms with Crippen LogP contribution in [0.4, 0.5) is 0 Å². The lowest BCUT2D eigenvalue weighted by Crippen LogP contribution is -1.83. The maximum atomic E-state index is 8.85. The molecular weight excluding hydrogens is 176 g/mol. The SMILES string of the molecule is Cc1ccc(-c2ccncc2C#N)o1. The fourth-order valence-corrected chi connectivity index (χ4v) is 1.28. The Bertz CT molecular complexity index is 494. The number of hydrogen-bond acceptors (Lipinski definition) is 3. The molecule has 0 unspecified atom stereocenters. The van der Waals surface area contributed by atoms with Crippen LogP contribution in [-0.2, 0) is 0 Å². The Kier molecular flexibility index (Phi) is 2.04. The first-order chi connectivity index (χ1) is 6.81. The zero-order valence-electron chi connectivity index (χ0n) is 7.69. The van der Waals surface area contributed by atoms with E-state index >= 15 is 0 Å². The van der Waals surface area contributed by atoms with E-state index in [9.17, 15) is 0 Å². The zero-order valence-corrected chi connectivity index (χ0v) is 7.69. The summed E-state index contributed by atoms with van der Waals surface area (Å²) in [6.45, 7) is 1.87. The van der Waals surface area contributed by atoms with Crippen molar-refractivity contribution >= 4 is 0 Å². The van der Waals surface area contributed by atoms with Crippen LogP contribution in [0.3, 0.4) is 0 Å². The summed E-state index contributed by atoms with van der Waals surface area (Å²) < 4.78 is 5.43. The molecule has 2 aromatic rings. The van der Waals surface area contributed by atoms with Crippen LogP contribution in [-0.4, -0.2) is 4.98 Å². The van der Waals surface area contributed by atoms with Crippen molar-refractivity contribution < 1.29 is 4.42 Å².